The maximum Gasteiger partial charge on any atom is 0.0527 e. The fraction of sp³-hybridized carbons (Fsp3) is 0.481. The Hall–Kier alpha value is -2.82. The minimum absolute atomic E-state index is 0.219. The molecule has 0 saturated carbocycles. The van der Waals surface area contributed by atoms with Crippen LogP contribution in [0.2, 0.25) is 0 Å². The van der Waals surface area contributed by atoms with Crippen LogP contribution in [0.3, 0.4) is 0 Å². The zero-order valence-corrected chi connectivity index (χ0v) is 21.5. The summed E-state index contributed by atoms with van der Waals surface area (Å²) in [7, 11) is 0. The van der Waals surface area contributed by atoms with Gasteiger partial charge in [-0.25, -0.2) is 0 Å². The van der Waals surface area contributed by atoms with Crippen molar-refractivity contribution in [3.05, 3.63) is 71.4 Å². The number of nitrogens with zero attached hydrogens (tertiary/aromatic N) is 2. The van der Waals surface area contributed by atoms with Crippen LogP contribution in [0, 0.1) is 6.92 Å². The van der Waals surface area contributed by atoms with Crippen LogP contribution in [0.15, 0.2) is 49.1 Å². The SMILES string of the molecule is CC(C)(C)c1c[nH]c2ccccc12.CC(C)(C)c1cn[nH]c1.Cc1[nH]ncc1C(C)(C)C. The van der Waals surface area contributed by atoms with E-state index in [0.29, 0.717) is 0 Å². The van der Waals surface area contributed by atoms with Crippen LogP contribution in [0.5, 0.6) is 0 Å². The van der Waals surface area contributed by atoms with Gasteiger partial charge < -0.3 is 4.98 Å². The number of aromatic nitrogens is 5. The number of rotatable bonds is 0. The molecule has 3 N–H and O–H groups in total. The fourth-order valence-corrected chi connectivity index (χ4v) is 3.46. The lowest BCUT2D eigenvalue weighted by atomic mass is 9.87. The first kappa shape index (κ1) is 25.4. The highest BCUT2D eigenvalue weighted by Gasteiger charge is 2.18. The minimum atomic E-state index is 0.219. The average molecular weight is 436 g/mol. The summed E-state index contributed by atoms with van der Waals surface area (Å²) >= 11 is 0. The molecular weight excluding hydrogens is 394 g/mol. The average Bonchev–Trinajstić information content (AvgIpc) is 3.41. The maximum absolute atomic E-state index is 3.96. The van der Waals surface area contributed by atoms with Crippen LogP contribution in [0.4, 0.5) is 0 Å². The van der Waals surface area contributed by atoms with Gasteiger partial charge >= 0.3 is 0 Å². The first-order chi connectivity index (χ1) is 14.7. The number of hydrogen-bond acceptors (Lipinski definition) is 2. The standard InChI is InChI=1S/C12H15N.C8H14N2.C7H12N2/c1-12(2,3)10-8-13-11-7-5-4-6-9(10)11;1-6-7(5-9-10-6)8(2,3)4;1-7(2,3)6-4-8-9-5-6/h4-8,13H,1-3H3;5H,1-4H3,(H,9,10);4-5H,1-3H3,(H,8,9). The van der Waals surface area contributed by atoms with Gasteiger partial charge in [-0.15, -0.1) is 0 Å². The molecule has 0 bridgehead atoms. The van der Waals surface area contributed by atoms with Gasteiger partial charge in [0.1, 0.15) is 0 Å². The molecule has 3 heterocycles. The molecule has 0 unspecified atom stereocenters. The van der Waals surface area contributed by atoms with E-state index in [1.807, 2.05) is 25.5 Å². The lowest BCUT2D eigenvalue weighted by Crippen LogP contribution is -2.11. The van der Waals surface area contributed by atoms with E-state index in [0.717, 1.165) is 0 Å². The predicted molar refractivity (Wildman–Crippen MR) is 136 cm³/mol. The second-order valence-corrected chi connectivity index (χ2v) is 11.4. The summed E-state index contributed by atoms with van der Waals surface area (Å²) in [4.78, 5) is 3.29. The summed E-state index contributed by atoms with van der Waals surface area (Å²) in [6.45, 7) is 21.8. The Bertz CT molecular complexity index is 1080. The van der Waals surface area contributed by atoms with Gasteiger partial charge in [0.25, 0.3) is 0 Å². The van der Waals surface area contributed by atoms with Crippen molar-refractivity contribution in [1.82, 2.24) is 25.4 Å². The molecule has 1 aromatic carbocycles. The Morgan fingerprint density at radius 3 is 1.72 bits per heavy atom. The monoisotopic (exact) mass is 435 g/mol. The largest absolute Gasteiger partial charge is 0.361 e. The number of para-hydroxylation sites is 1. The second-order valence-electron chi connectivity index (χ2n) is 11.4. The van der Waals surface area contributed by atoms with Crippen LogP contribution >= 0.6 is 0 Å². The Kier molecular flexibility index (Phi) is 7.76. The number of hydrogen-bond donors (Lipinski definition) is 3. The molecule has 0 saturated heterocycles. The van der Waals surface area contributed by atoms with E-state index >= 15 is 0 Å². The fourth-order valence-electron chi connectivity index (χ4n) is 3.46. The van der Waals surface area contributed by atoms with Gasteiger partial charge in [0.05, 0.1) is 12.4 Å². The number of aromatic amines is 3. The van der Waals surface area contributed by atoms with Crippen LogP contribution in [0.25, 0.3) is 10.9 Å². The van der Waals surface area contributed by atoms with E-state index in [1.165, 1.54) is 33.3 Å². The summed E-state index contributed by atoms with van der Waals surface area (Å²) in [6.07, 6.45) is 7.81. The Morgan fingerprint density at radius 2 is 1.31 bits per heavy atom. The highest BCUT2D eigenvalue weighted by atomic mass is 15.1. The van der Waals surface area contributed by atoms with Gasteiger partial charge in [0.2, 0.25) is 0 Å². The van der Waals surface area contributed by atoms with Crippen molar-refractivity contribution < 1.29 is 0 Å². The number of nitrogens with one attached hydrogen (secondary N) is 3. The topological polar surface area (TPSA) is 73.2 Å². The minimum Gasteiger partial charge on any atom is -0.361 e. The molecule has 174 valence electrons. The number of H-pyrrole nitrogens is 3. The molecule has 32 heavy (non-hydrogen) atoms. The molecule has 0 atom stereocenters. The lowest BCUT2D eigenvalue weighted by Gasteiger charge is -2.17. The Balaban J connectivity index is 0.000000174. The van der Waals surface area contributed by atoms with E-state index in [4.69, 9.17) is 0 Å². The number of fused-ring (bicyclic) bond motifs is 1. The van der Waals surface area contributed by atoms with Crippen LogP contribution in [0.1, 0.15) is 84.7 Å². The van der Waals surface area contributed by atoms with Crippen LogP contribution in [-0.2, 0) is 16.2 Å². The molecule has 0 aliphatic heterocycles. The predicted octanol–water partition coefficient (Wildman–Crippen LogP) is 7.19. The molecular formula is C27H41N5. The van der Waals surface area contributed by atoms with Crippen molar-refractivity contribution in [3.63, 3.8) is 0 Å². The zero-order valence-electron chi connectivity index (χ0n) is 21.5. The number of benzene rings is 1. The summed E-state index contributed by atoms with van der Waals surface area (Å²) in [5, 5.41) is 14.9. The number of aryl methyl sites for hydroxylation is 1. The molecule has 0 aliphatic rings. The van der Waals surface area contributed by atoms with Gasteiger partial charge in [-0.3, -0.25) is 10.2 Å². The molecule has 5 heteroatoms. The van der Waals surface area contributed by atoms with E-state index in [-0.39, 0.29) is 16.2 Å². The van der Waals surface area contributed by atoms with Gasteiger partial charge in [-0.1, -0.05) is 80.5 Å². The lowest BCUT2D eigenvalue weighted by molar-refractivity contribution is 0.586. The third kappa shape index (κ3) is 6.84. The van der Waals surface area contributed by atoms with Crippen molar-refractivity contribution in [2.24, 2.45) is 0 Å². The normalized spacial score (nSPS) is 12.1. The third-order valence-corrected chi connectivity index (χ3v) is 5.40. The Morgan fingerprint density at radius 1 is 0.688 bits per heavy atom. The van der Waals surface area contributed by atoms with E-state index in [1.54, 1.807) is 0 Å². The third-order valence-electron chi connectivity index (χ3n) is 5.40. The molecule has 4 aromatic rings. The van der Waals surface area contributed by atoms with Gasteiger partial charge in [-0.2, -0.15) is 10.2 Å². The van der Waals surface area contributed by atoms with Gasteiger partial charge in [0, 0.05) is 29.0 Å². The van der Waals surface area contributed by atoms with Crippen molar-refractivity contribution in [2.75, 3.05) is 0 Å². The van der Waals surface area contributed by atoms with Gasteiger partial charge in [-0.05, 0) is 45.9 Å². The highest BCUT2D eigenvalue weighted by Crippen LogP contribution is 2.29. The summed E-state index contributed by atoms with van der Waals surface area (Å²) in [5.74, 6) is 0. The van der Waals surface area contributed by atoms with E-state index in [2.05, 4.69) is 118 Å². The van der Waals surface area contributed by atoms with Crippen molar-refractivity contribution in [2.45, 2.75) is 85.5 Å². The molecule has 4 rings (SSSR count). The molecule has 3 aromatic heterocycles. The molecule has 0 fully saturated rings. The van der Waals surface area contributed by atoms with Crippen molar-refractivity contribution >= 4 is 10.9 Å². The van der Waals surface area contributed by atoms with Crippen LogP contribution in [-0.4, -0.2) is 25.4 Å². The maximum atomic E-state index is 3.96. The van der Waals surface area contributed by atoms with Crippen molar-refractivity contribution in [3.8, 4) is 0 Å². The van der Waals surface area contributed by atoms with Crippen LogP contribution < -0.4 is 0 Å². The molecule has 0 amide bonds. The van der Waals surface area contributed by atoms with E-state index < -0.39 is 0 Å². The first-order valence-electron chi connectivity index (χ1n) is 11.3. The molecule has 0 radical (unpaired) electrons. The summed E-state index contributed by atoms with van der Waals surface area (Å²) in [5.41, 5.74) is 7.02. The smallest absolute Gasteiger partial charge is 0.0527 e. The zero-order chi connectivity index (χ0) is 24.2. The summed E-state index contributed by atoms with van der Waals surface area (Å²) in [6, 6.07) is 8.44. The van der Waals surface area contributed by atoms with Gasteiger partial charge in [0.15, 0.2) is 0 Å². The summed E-state index contributed by atoms with van der Waals surface area (Å²) < 4.78 is 0. The quantitative estimate of drug-likeness (QED) is 0.273. The Labute approximate surface area is 193 Å². The molecule has 0 spiro atoms. The second kappa shape index (κ2) is 9.76. The molecule has 5 nitrogen and oxygen atoms in total. The first-order valence-corrected chi connectivity index (χ1v) is 11.3. The highest BCUT2D eigenvalue weighted by molar-refractivity contribution is 5.84. The van der Waals surface area contributed by atoms with E-state index in [9.17, 15) is 0 Å². The van der Waals surface area contributed by atoms with Crippen molar-refractivity contribution in [1.29, 1.82) is 0 Å². The molecule has 0 aliphatic carbocycles.